The van der Waals surface area contributed by atoms with Crippen LogP contribution < -0.4 is 21.3 Å². The van der Waals surface area contributed by atoms with Crippen molar-refractivity contribution in [2.24, 2.45) is 0 Å². The summed E-state index contributed by atoms with van der Waals surface area (Å²) in [6.07, 6.45) is 0. The highest BCUT2D eigenvalue weighted by molar-refractivity contribution is 7.13. The summed E-state index contributed by atoms with van der Waals surface area (Å²) in [6.45, 7) is 1.57. The molecular weight excluding hydrogens is 388 g/mol. The van der Waals surface area contributed by atoms with E-state index in [1.165, 1.54) is 24.5 Å². The van der Waals surface area contributed by atoms with Crippen molar-refractivity contribution in [3.8, 4) is 16.3 Å². The Morgan fingerprint density at radius 3 is 2.81 bits per heavy atom. The predicted molar refractivity (Wildman–Crippen MR) is 108 cm³/mol. The topological polar surface area (TPSA) is 99.2 Å². The van der Waals surface area contributed by atoms with E-state index in [2.05, 4.69) is 10.4 Å². The van der Waals surface area contributed by atoms with Crippen LogP contribution in [0.4, 0.5) is 11.4 Å². The number of amides is 1. The first-order valence-corrected chi connectivity index (χ1v) is 9.24. The number of carbonyl (C=O) groups is 1. The second-order valence-corrected chi connectivity index (χ2v) is 7.11. The van der Waals surface area contributed by atoms with Crippen LogP contribution in [0.5, 0.6) is 5.75 Å². The number of carbonyl (C=O) groups excluding carboxylic acids is 1. The van der Waals surface area contributed by atoms with Crippen LogP contribution >= 0.6 is 22.9 Å². The molecule has 1 amide bonds. The lowest BCUT2D eigenvalue weighted by molar-refractivity contribution is -0.119. The van der Waals surface area contributed by atoms with Crippen LogP contribution in [0.25, 0.3) is 10.6 Å². The molecule has 2 heterocycles. The van der Waals surface area contributed by atoms with Gasteiger partial charge in [0.15, 0.2) is 0 Å². The van der Waals surface area contributed by atoms with Gasteiger partial charge in [-0.3, -0.25) is 9.59 Å². The number of thiophene rings is 1. The second kappa shape index (κ2) is 7.81. The Morgan fingerprint density at radius 2 is 2.15 bits per heavy atom. The van der Waals surface area contributed by atoms with Crippen LogP contribution in [-0.2, 0) is 4.79 Å². The quantitative estimate of drug-likeness (QED) is 0.678. The molecule has 0 aliphatic rings. The third kappa shape index (κ3) is 3.96. The number of nitrogens with one attached hydrogen (secondary N) is 1. The zero-order valence-electron chi connectivity index (χ0n) is 14.6. The van der Waals surface area contributed by atoms with Gasteiger partial charge in [0.2, 0.25) is 5.91 Å². The van der Waals surface area contributed by atoms with Gasteiger partial charge in [-0.15, -0.1) is 11.3 Å². The summed E-state index contributed by atoms with van der Waals surface area (Å²) in [5.74, 6) is 0.00000235. The van der Waals surface area contributed by atoms with E-state index >= 15 is 0 Å². The van der Waals surface area contributed by atoms with Crippen LogP contribution in [0.15, 0.2) is 46.6 Å². The molecule has 0 aliphatic heterocycles. The molecule has 7 nitrogen and oxygen atoms in total. The predicted octanol–water partition coefficient (Wildman–Crippen LogP) is 3.42. The van der Waals surface area contributed by atoms with Crippen molar-refractivity contribution in [3.05, 3.63) is 57.2 Å². The molecule has 3 N–H and O–H groups in total. The number of hydrogen-bond donors (Lipinski definition) is 2. The van der Waals surface area contributed by atoms with Crippen LogP contribution in [-0.4, -0.2) is 22.8 Å². The van der Waals surface area contributed by atoms with Crippen LogP contribution in [0.1, 0.15) is 13.0 Å². The molecule has 140 valence electrons. The molecule has 0 saturated carbocycles. The van der Waals surface area contributed by atoms with Gasteiger partial charge in [0.1, 0.15) is 23.2 Å². The Kier molecular flexibility index (Phi) is 5.48. The van der Waals surface area contributed by atoms with Gasteiger partial charge in [-0.05, 0) is 42.6 Å². The van der Waals surface area contributed by atoms with Gasteiger partial charge in [-0.1, -0.05) is 17.7 Å². The number of anilines is 2. The highest BCUT2D eigenvalue weighted by Crippen LogP contribution is 2.28. The number of methoxy groups -OCH3 is 1. The highest BCUT2D eigenvalue weighted by Gasteiger charge is 2.21. The first-order valence-electron chi connectivity index (χ1n) is 7.98. The number of aromatic nitrogens is 2. The molecule has 0 spiro atoms. The van der Waals surface area contributed by atoms with Crippen molar-refractivity contribution < 1.29 is 9.53 Å². The Bertz CT molecular complexity index is 1030. The van der Waals surface area contributed by atoms with Crippen LogP contribution in [0.2, 0.25) is 5.02 Å². The number of ether oxygens (including phenoxy) is 1. The molecule has 0 saturated heterocycles. The summed E-state index contributed by atoms with van der Waals surface area (Å²) in [5.41, 5.74) is 6.27. The first-order chi connectivity index (χ1) is 12.9. The van der Waals surface area contributed by atoms with Crippen molar-refractivity contribution in [1.29, 1.82) is 0 Å². The molecule has 1 aromatic carbocycles. The number of benzene rings is 1. The minimum absolute atomic E-state index is 0.0217. The maximum absolute atomic E-state index is 12.7. The highest BCUT2D eigenvalue weighted by atomic mass is 35.5. The maximum atomic E-state index is 12.7. The number of rotatable bonds is 5. The molecular formula is C18H17ClN4O3S. The van der Waals surface area contributed by atoms with E-state index in [0.717, 1.165) is 9.56 Å². The summed E-state index contributed by atoms with van der Waals surface area (Å²) < 4.78 is 6.30. The normalized spacial score (nSPS) is 11.8. The molecule has 1 unspecified atom stereocenters. The lowest BCUT2D eigenvalue weighted by Gasteiger charge is -2.17. The fourth-order valence-corrected chi connectivity index (χ4v) is 3.32. The van der Waals surface area contributed by atoms with Crippen molar-refractivity contribution in [2.45, 2.75) is 13.0 Å². The van der Waals surface area contributed by atoms with Crippen LogP contribution in [0.3, 0.4) is 0 Å². The van der Waals surface area contributed by atoms with E-state index in [-0.39, 0.29) is 5.69 Å². The Labute approximate surface area is 164 Å². The SMILES string of the molecule is COc1ccc(Cl)cc1NC(=O)C(C)n1nc(-c2cccs2)cc(N)c1=O. The molecule has 1 atom stereocenters. The van der Waals surface area contributed by atoms with E-state index in [1.807, 2.05) is 17.5 Å². The standard InChI is InChI=1S/C18H17ClN4O3S/c1-10(17(24)21-13-8-11(19)5-6-15(13)26-2)23-18(25)12(20)9-14(22-23)16-4-3-7-27-16/h3-10H,20H2,1-2H3,(H,21,24). The van der Waals surface area contributed by atoms with Gasteiger partial charge in [0, 0.05) is 5.02 Å². The monoisotopic (exact) mass is 404 g/mol. The first kappa shape index (κ1) is 18.9. The zero-order valence-corrected chi connectivity index (χ0v) is 16.2. The minimum atomic E-state index is -0.900. The zero-order chi connectivity index (χ0) is 19.6. The van der Waals surface area contributed by atoms with E-state index in [9.17, 15) is 9.59 Å². The average molecular weight is 405 g/mol. The van der Waals surface area contributed by atoms with Gasteiger partial charge in [-0.25, -0.2) is 4.68 Å². The van der Waals surface area contributed by atoms with Crippen molar-refractivity contribution in [2.75, 3.05) is 18.2 Å². The minimum Gasteiger partial charge on any atom is -0.495 e. The number of halogens is 1. The summed E-state index contributed by atoms with van der Waals surface area (Å²) >= 11 is 7.45. The lowest BCUT2D eigenvalue weighted by atomic mass is 10.2. The largest absolute Gasteiger partial charge is 0.495 e. The van der Waals surface area contributed by atoms with Crippen molar-refractivity contribution in [1.82, 2.24) is 9.78 Å². The number of nitrogens with two attached hydrogens (primary N) is 1. The molecule has 0 radical (unpaired) electrons. The third-order valence-corrected chi connectivity index (χ3v) is 5.03. The van der Waals surface area contributed by atoms with Crippen molar-refractivity contribution in [3.63, 3.8) is 0 Å². The summed E-state index contributed by atoms with van der Waals surface area (Å²) in [6, 6.07) is 9.20. The molecule has 2 aromatic heterocycles. The number of nitrogens with zero attached hydrogens (tertiary/aromatic N) is 2. The van der Waals surface area contributed by atoms with Gasteiger partial charge in [0.25, 0.3) is 5.56 Å². The van der Waals surface area contributed by atoms with Gasteiger partial charge in [-0.2, -0.15) is 5.10 Å². The molecule has 9 heteroatoms. The Balaban J connectivity index is 1.94. The van der Waals surface area contributed by atoms with E-state index in [0.29, 0.717) is 22.2 Å². The average Bonchev–Trinajstić information content (AvgIpc) is 3.18. The summed E-state index contributed by atoms with van der Waals surface area (Å²) in [4.78, 5) is 26.0. The Hall–Kier alpha value is -2.84. The van der Waals surface area contributed by atoms with Gasteiger partial charge >= 0.3 is 0 Å². The molecule has 3 rings (SSSR count). The summed E-state index contributed by atoms with van der Waals surface area (Å²) in [7, 11) is 1.49. The molecule has 27 heavy (non-hydrogen) atoms. The summed E-state index contributed by atoms with van der Waals surface area (Å²) in [5, 5.41) is 9.37. The fraction of sp³-hybridized carbons (Fsp3) is 0.167. The number of hydrogen-bond acceptors (Lipinski definition) is 6. The third-order valence-electron chi connectivity index (χ3n) is 3.90. The fourth-order valence-electron chi connectivity index (χ4n) is 2.46. The molecule has 0 aliphatic carbocycles. The smallest absolute Gasteiger partial charge is 0.290 e. The number of nitrogen functional groups attached to an aromatic ring is 1. The van der Waals surface area contributed by atoms with Crippen molar-refractivity contribution >= 4 is 40.2 Å². The molecule has 0 fully saturated rings. The maximum Gasteiger partial charge on any atom is 0.290 e. The molecule has 0 bridgehead atoms. The van der Waals surface area contributed by atoms with E-state index in [4.69, 9.17) is 22.1 Å². The second-order valence-electron chi connectivity index (χ2n) is 5.72. The lowest BCUT2D eigenvalue weighted by Crippen LogP contribution is -2.34. The van der Waals surface area contributed by atoms with E-state index in [1.54, 1.807) is 25.1 Å². The van der Waals surface area contributed by atoms with Crippen LogP contribution in [0, 0.1) is 0 Å². The Morgan fingerprint density at radius 1 is 1.37 bits per heavy atom. The van der Waals surface area contributed by atoms with E-state index < -0.39 is 17.5 Å². The molecule has 3 aromatic rings. The van der Waals surface area contributed by atoms with Gasteiger partial charge < -0.3 is 15.8 Å². The van der Waals surface area contributed by atoms with Gasteiger partial charge in [0.05, 0.1) is 17.7 Å².